The number of ether oxygens (including phenoxy) is 2. The Morgan fingerprint density at radius 1 is 1.20 bits per heavy atom. The number of benzene rings is 2. The summed E-state index contributed by atoms with van der Waals surface area (Å²) < 4.78 is 12.0. The third-order valence-electron chi connectivity index (χ3n) is 8.74. The van der Waals surface area contributed by atoms with Gasteiger partial charge in [0.1, 0.15) is 18.2 Å². The quantitative estimate of drug-likeness (QED) is 0.335. The van der Waals surface area contributed by atoms with Gasteiger partial charge in [-0.15, -0.1) is 6.58 Å². The Labute approximate surface area is 241 Å². The largest absolute Gasteiger partial charge is 0.461 e. The third-order valence-corrected chi connectivity index (χ3v) is 8.74. The van der Waals surface area contributed by atoms with E-state index in [4.69, 9.17) is 9.47 Å². The molecule has 0 aromatic heterocycles. The van der Waals surface area contributed by atoms with Crippen LogP contribution in [0.5, 0.6) is 0 Å². The molecule has 8 heteroatoms. The molecule has 2 aromatic carbocycles. The predicted octanol–water partition coefficient (Wildman–Crippen LogP) is 3.53. The number of esters is 1. The van der Waals surface area contributed by atoms with E-state index < -0.39 is 41.6 Å². The van der Waals surface area contributed by atoms with Crippen LogP contribution >= 0.6 is 0 Å². The first-order chi connectivity index (χ1) is 19.8. The van der Waals surface area contributed by atoms with E-state index in [2.05, 4.69) is 13.2 Å². The van der Waals surface area contributed by atoms with Crippen molar-refractivity contribution in [1.29, 1.82) is 0 Å². The molecule has 5 rings (SSSR count). The fourth-order valence-corrected chi connectivity index (χ4v) is 7.00. The van der Waals surface area contributed by atoms with Crippen LogP contribution in [-0.4, -0.2) is 71.3 Å². The Hall–Kier alpha value is -3.75. The highest BCUT2D eigenvalue weighted by Gasteiger charge is 2.75. The number of likely N-dealkylation sites (tertiary alicyclic amines) is 1. The van der Waals surface area contributed by atoms with Gasteiger partial charge in [0.15, 0.2) is 0 Å². The number of carbonyl (C=O) groups is 3. The summed E-state index contributed by atoms with van der Waals surface area (Å²) in [6.45, 7) is 11.3. The zero-order valence-electron chi connectivity index (χ0n) is 23.7. The number of nitrogens with zero attached hydrogens (tertiary/aromatic N) is 2. The highest BCUT2D eigenvalue weighted by Crippen LogP contribution is 2.59. The van der Waals surface area contributed by atoms with E-state index in [0.29, 0.717) is 19.3 Å². The number of hydrogen-bond acceptors (Lipinski definition) is 6. The summed E-state index contributed by atoms with van der Waals surface area (Å²) in [7, 11) is 0. The van der Waals surface area contributed by atoms with Gasteiger partial charge >= 0.3 is 5.97 Å². The van der Waals surface area contributed by atoms with Crippen molar-refractivity contribution in [3.8, 4) is 0 Å². The van der Waals surface area contributed by atoms with Crippen molar-refractivity contribution in [2.24, 2.45) is 11.8 Å². The lowest BCUT2D eigenvalue weighted by molar-refractivity contribution is -0.154. The van der Waals surface area contributed by atoms with Gasteiger partial charge in [-0.05, 0) is 55.9 Å². The average molecular weight is 559 g/mol. The molecule has 41 heavy (non-hydrogen) atoms. The molecule has 0 aliphatic carbocycles. The highest BCUT2D eigenvalue weighted by molar-refractivity contribution is 6.05. The predicted molar refractivity (Wildman–Crippen MR) is 155 cm³/mol. The molecular weight excluding hydrogens is 520 g/mol. The van der Waals surface area contributed by atoms with Gasteiger partial charge in [0.05, 0.1) is 30.6 Å². The van der Waals surface area contributed by atoms with Gasteiger partial charge in [0, 0.05) is 12.2 Å². The first kappa shape index (κ1) is 28.8. The van der Waals surface area contributed by atoms with Crippen molar-refractivity contribution in [2.45, 2.75) is 56.9 Å². The van der Waals surface area contributed by atoms with Crippen molar-refractivity contribution in [1.82, 2.24) is 4.90 Å². The monoisotopic (exact) mass is 558 g/mol. The average Bonchev–Trinajstić information content (AvgIpc) is 3.62. The zero-order valence-corrected chi connectivity index (χ0v) is 23.7. The minimum atomic E-state index is -1.21. The molecular formula is C33H38N2O6. The van der Waals surface area contributed by atoms with Gasteiger partial charge in [-0.2, -0.15) is 0 Å². The second kappa shape index (κ2) is 11.6. The van der Waals surface area contributed by atoms with Crippen LogP contribution in [0.2, 0.25) is 0 Å². The van der Waals surface area contributed by atoms with E-state index in [-0.39, 0.29) is 31.6 Å². The van der Waals surface area contributed by atoms with Gasteiger partial charge in [-0.25, -0.2) is 0 Å². The van der Waals surface area contributed by atoms with Crippen molar-refractivity contribution in [3.63, 3.8) is 0 Å². The minimum absolute atomic E-state index is 0.0229. The maximum absolute atomic E-state index is 14.8. The number of aliphatic hydroxyl groups excluding tert-OH is 1. The lowest BCUT2D eigenvalue weighted by atomic mass is 9.70. The Bertz CT molecular complexity index is 1340. The summed E-state index contributed by atoms with van der Waals surface area (Å²) in [4.78, 5) is 45.6. The molecule has 3 aliphatic rings. The van der Waals surface area contributed by atoms with E-state index >= 15 is 0 Å². The maximum Gasteiger partial charge on any atom is 0.312 e. The van der Waals surface area contributed by atoms with E-state index in [1.807, 2.05) is 62.4 Å². The SMILES string of the molecule is C=CCOC(=O)[C@@H]1[C@@H]2CCC3(O2)C(C(=O)N(CC=C)c2cc(C)ccc2C)N([C@@H](CO)Cc2ccccc2)C(=O)[C@H]13. The molecule has 2 unspecified atom stereocenters. The summed E-state index contributed by atoms with van der Waals surface area (Å²) in [6.07, 6.45) is 3.94. The second-order valence-corrected chi connectivity index (χ2v) is 11.3. The standard InChI is InChI=1S/C33H38N2O6/c1-5-16-34(25-18-21(3)12-13-22(25)4)31(38)29-33-15-14-26(41-33)27(32(39)40-17-6-2)28(33)30(37)35(29)24(20-36)19-23-10-8-7-9-11-23/h5-13,18,24,26-29,36H,1-2,14-17,19-20H2,3-4H3/t24-,26+,27-,28+,29?,33?/m1/s1. The zero-order chi connectivity index (χ0) is 29.3. The van der Waals surface area contributed by atoms with Crippen molar-refractivity contribution in [3.05, 3.63) is 90.5 Å². The molecule has 8 nitrogen and oxygen atoms in total. The van der Waals surface area contributed by atoms with Crippen molar-refractivity contribution >= 4 is 23.5 Å². The van der Waals surface area contributed by atoms with Crippen LogP contribution in [0.25, 0.3) is 0 Å². The molecule has 3 saturated heterocycles. The third kappa shape index (κ3) is 4.89. The summed E-state index contributed by atoms with van der Waals surface area (Å²) in [5.41, 5.74) is 2.33. The summed E-state index contributed by atoms with van der Waals surface area (Å²) in [5, 5.41) is 10.6. The van der Waals surface area contributed by atoms with E-state index in [9.17, 15) is 19.5 Å². The topological polar surface area (TPSA) is 96.4 Å². The highest BCUT2D eigenvalue weighted by atomic mass is 16.6. The first-order valence-corrected chi connectivity index (χ1v) is 14.2. The molecule has 1 spiro atoms. The lowest BCUT2D eigenvalue weighted by Gasteiger charge is -2.39. The number of carbonyl (C=O) groups excluding carboxylic acids is 3. The van der Waals surface area contributed by atoms with Crippen LogP contribution in [0.4, 0.5) is 5.69 Å². The number of aliphatic hydroxyl groups is 1. The normalized spacial score (nSPS) is 26.9. The van der Waals surface area contributed by atoms with Crippen LogP contribution in [0.15, 0.2) is 73.8 Å². The molecule has 3 aliphatic heterocycles. The van der Waals surface area contributed by atoms with Gasteiger partial charge < -0.3 is 24.4 Å². The number of fused-ring (bicyclic) bond motifs is 1. The molecule has 3 fully saturated rings. The molecule has 0 radical (unpaired) electrons. The number of rotatable bonds is 11. The van der Waals surface area contributed by atoms with Gasteiger partial charge in [0.2, 0.25) is 5.91 Å². The second-order valence-electron chi connectivity index (χ2n) is 11.3. The lowest BCUT2D eigenvalue weighted by Crippen LogP contribution is -2.59. The van der Waals surface area contributed by atoms with Crippen LogP contribution in [-0.2, 0) is 30.3 Å². The van der Waals surface area contributed by atoms with Gasteiger partial charge in [0.25, 0.3) is 5.91 Å². The molecule has 2 bridgehead atoms. The summed E-state index contributed by atoms with van der Waals surface area (Å²) in [6, 6.07) is 13.7. The van der Waals surface area contributed by atoms with Crippen LogP contribution in [0.1, 0.15) is 29.5 Å². The molecule has 0 saturated carbocycles. The summed E-state index contributed by atoms with van der Waals surface area (Å²) >= 11 is 0. The number of anilines is 1. The number of aryl methyl sites for hydroxylation is 2. The van der Waals surface area contributed by atoms with Crippen molar-refractivity contribution < 1.29 is 29.0 Å². The van der Waals surface area contributed by atoms with Crippen LogP contribution in [0.3, 0.4) is 0 Å². The van der Waals surface area contributed by atoms with Gasteiger partial charge in [-0.1, -0.05) is 61.2 Å². The molecule has 1 N–H and O–H groups in total. The fourth-order valence-electron chi connectivity index (χ4n) is 7.00. The molecule has 216 valence electrons. The maximum atomic E-state index is 14.8. The Kier molecular flexibility index (Phi) is 8.16. The van der Waals surface area contributed by atoms with E-state index in [0.717, 1.165) is 22.4 Å². The van der Waals surface area contributed by atoms with Crippen LogP contribution < -0.4 is 4.90 Å². The van der Waals surface area contributed by atoms with Gasteiger partial charge in [-0.3, -0.25) is 14.4 Å². The summed E-state index contributed by atoms with van der Waals surface area (Å²) in [5.74, 6) is -2.92. The molecule has 3 heterocycles. The Balaban J connectivity index is 1.61. The van der Waals surface area contributed by atoms with Crippen LogP contribution in [0, 0.1) is 25.7 Å². The van der Waals surface area contributed by atoms with E-state index in [1.165, 1.54) is 11.0 Å². The molecule has 2 aromatic rings. The molecule has 6 atom stereocenters. The minimum Gasteiger partial charge on any atom is -0.461 e. The Morgan fingerprint density at radius 3 is 2.63 bits per heavy atom. The van der Waals surface area contributed by atoms with Crippen molar-refractivity contribution in [2.75, 3.05) is 24.7 Å². The number of hydrogen-bond donors (Lipinski definition) is 1. The Morgan fingerprint density at radius 2 is 1.95 bits per heavy atom. The fraction of sp³-hybridized carbons (Fsp3) is 0.424. The smallest absolute Gasteiger partial charge is 0.312 e. The molecule has 2 amide bonds. The number of amides is 2. The van der Waals surface area contributed by atoms with E-state index in [1.54, 1.807) is 11.0 Å². The first-order valence-electron chi connectivity index (χ1n) is 14.2.